The van der Waals surface area contributed by atoms with Gasteiger partial charge in [0.25, 0.3) is 0 Å². The highest BCUT2D eigenvalue weighted by atomic mass is 16.5. The fourth-order valence-electron chi connectivity index (χ4n) is 2.60. The number of hydrogen-bond donors (Lipinski definition) is 0. The molecule has 1 aliphatic rings. The van der Waals surface area contributed by atoms with E-state index in [1.54, 1.807) is 25.6 Å². The molecule has 0 N–H and O–H groups in total. The molecule has 3 rings (SSSR count). The minimum absolute atomic E-state index is 0.584. The van der Waals surface area contributed by atoms with Crippen LogP contribution in [0.4, 0.5) is 11.8 Å². The van der Waals surface area contributed by atoms with Crippen molar-refractivity contribution in [2.75, 3.05) is 49.7 Å². The number of piperazine rings is 1. The summed E-state index contributed by atoms with van der Waals surface area (Å²) in [5.74, 6) is 3.03. The standard InChI is InChI=1S/C16H21N5O2/c1-3-23-13-5-4-7-17-15(13)20-9-11-21(12-10-20)16-18-8-6-14(19-16)22-2/h4-8H,3,9-12H2,1-2H3. The summed E-state index contributed by atoms with van der Waals surface area (Å²) in [4.78, 5) is 17.6. The van der Waals surface area contributed by atoms with Crippen LogP contribution in [0.1, 0.15) is 6.92 Å². The quantitative estimate of drug-likeness (QED) is 0.830. The van der Waals surface area contributed by atoms with E-state index in [4.69, 9.17) is 9.47 Å². The molecule has 0 aromatic carbocycles. The van der Waals surface area contributed by atoms with Crippen LogP contribution < -0.4 is 19.3 Å². The van der Waals surface area contributed by atoms with Crippen LogP contribution in [-0.2, 0) is 0 Å². The summed E-state index contributed by atoms with van der Waals surface area (Å²) in [5.41, 5.74) is 0. The molecule has 0 unspecified atom stereocenters. The zero-order valence-electron chi connectivity index (χ0n) is 13.5. The van der Waals surface area contributed by atoms with E-state index in [0.29, 0.717) is 18.4 Å². The summed E-state index contributed by atoms with van der Waals surface area (Å²) in [6.07, 6.45) is 3.52. The number of pyridine rings is 1. The highest BCUT2D eigenvalue weighted by Crippen LogP contribution is 2.26. The van der Waals surface area contributed by atoms with E-state index in [9.17, 15) is 0 Å². The number of ether oxygens (including phenoxy) is 2. The molecule has 7 nitrogen and oxygen atoms in total. The Balaban J connectivity index is 1.69. The Morgan fingerprint density at radius 2 is 1.83 bits per heavy atom. The molecule has 0 radical (unpaired) electrons. The van der Waals surface area contributed by atoms with Gasteiger partial charge in [0.2, 0.25) is 11.8 Å². The Hall–Kier alpha value is -2.57. The van der Waals surface area contributed by atoms with E-state index < -0.39 is 0 Å². The second-order valence-corrected chi connectivity index (χ2v) is 5.13. The topological polar surface area (TPSA) is 63.6 Å². The fourth-order valence-corrected chi connectivity index (χ4v) is 2.60. The lowest BCUT2D eigenvalue weighted by molar-refractivity contribution is 0.338. The van der Waals surface area contributed by atoms with Gasteiger partial charge in [-0.15, -0.1) is 0 Å². The van der Waals surface area contributed by atoms with Crippen LogP contribution in [0.2, 0.25) is 0 Å². The molecule has 0 bridgehead atoms. The summed E-state index contributed by atoms with van der Waals surface area (Å²) in [5, 5.41) is 0. The molecule has 7 heteroatoms. The fraction of sp³-hybridized carbons (Fsp3) is 0.438. The molecule has 0 atom stereocenters. The number of rotatable bonds is 5. The first-order valence-corrected chi connectivity index (χ1v) is 7.76. The predicted octanol–water partition coefficient (Wildman–Crippen LogP) is 1.61. The summed E-state index contributed by atoms with van der Waals surface area (Å²) < 4.78 is 10.8. The SMILES string of the molecule is CCOc1cccnc1N1CCN(c2nccc(OC)n2)CC1. The third-order valence-corrected chi connectivity index (χ3v) is 3.74. The van der Waals surface area contributed by atoms with Crippen molar-refractivity contribution in [2.45, 2.75) is 6.92 Å². The van der Waals surface area contributed by atoms with Crippen molar-refractivity contribution in [1.82, 2.24) is 15.0 Å². The zero-order chi connectivity index (χ0) is 16.1. The molecule has 2 aromatic rings. The van der Waals surface area contributed by atoms with Crippen molar-refractivity contribution in [2.24, 2.45) is 0 Å². The Labute approximate surface area is 135 Å². The minimum Gasteiger partial charge on any atom is -0.490 e. The van der Waals surface area contributed by atoms with Gasteiger partial charge in [0.1, 0.15) is 0 Å². The number of anilines is 2. The van der Waals surface area contributed by atoms with Gasteiger partial charge in [0.05, 0.1) is 13.7 Å². The monoisotopic (exact) mass is 315 g/mol. The first-order chi connectivity index (χ1) is 11.3. The summed E-state index contributed by atoms with van der Waals surface area (Å²) in [6.45, 7) is 5.96. The molecule has 0 aliphatic carbocycles. The third-order valence-electron chi connectivity index (χ3n) is 3.74. The lowest BCUT2D eigenvalue weighted by Crippen LogP contribution is -2.47. The minimum atomic E-state index is 0.584. The van der Waals surface area contributed by atoms with Crippen LogP contribution in [0.15, 0.2) is 30.6 Å². The second-order valence-electron chi connectivity index (χ2n) is 5.13. The molecule has 1 saturated heterocycles. The molecule has 1 fully saturated rings. The molecule has 1 aliphatic heterocycles. The Morgan fingerprint density at radius 3 is 2.57 bits per heavy atom. The average Bonchev–Trinajstić information content (AvgIpc) is 2.63. The van der Waals surface area contributed by atoms with E-state index in [1.165, 1.54) is 0 Å². The predicted molar refractivity (Wildman–Crippen MR) is 88.4 cm³/mol. The number of nitrogens with zero attached hydrogens (tertiary/aromatic N) is 5. The second kappa shape index (κ2) is 7.13. The van der Waals surface area contributed by atoms with Gasteiger partial charge >= 0.3 is 0 Å². The normalized spacial score (nSPS) is 14.7. The summed E-state index contributed by atoms with van der Waals surface area (Å²) in [6, 6.07) is 5.61. The van der Waals surface area contributed by atoms with Crippen molar-refractivity contribution in [1.29, 1.82) is 0 Å². The van der Waals surface area contributed by atoms with Crippen LogP contribution >= 0.6 is 0 Å². The first-order valence-electron chi connectivity index (χ1n) is 7.76. The average molecular weight is 315 g/mol. The molecule has 2 aromatic heterocycles. The van der Waals surface area contributed by atoms with Gasteiger partial charge in [0, 0.05) is 44.6 Å². The van der Waals surface area contributed by atoms with Crippen molar-refractivity contribution in [3.05, 3.63) is 30.6 Å². The Kier molecular flexibility index (Phi) is 4.75. The van der Waals surface area contributed by atoms with Crippen LogP contribution in [0.25, 0.3) is 0 Å². The van der Waals surface area contributed by atoms with Crippen LogP contribution in [0, 0.1) is 0 Å². The molecule has 3 heterocycles. The van der Waals surface area contributed by atoms with Crippen LogP contribution in [0.5, 0.6) is 11.6 Å². The molecule has 0 saturated carbocycles. The maximum atomic E-state index is 5.67. The van der Waals surface area contributed by atoms with E-state index in [0.717, 1.165) is 37.7 Å². The van der Waals surface area contributed by atoms with Gasteiger partial charge in [0.15, 0.2) is 11.6 Å². The zero-order valence-corrected chi connectivity index (χ0v) is 13.5. The van der Waals surface area contributed by atoms with Crippen LogP contribution in [-0.4, -0.2) is 54.8 Å². The first kappa shape index (κ1) is 15.3. The molecular weight excluding hydrogens is 294 g/mol. The lowest BCUT2D eigenvalue weighted by Gasteiger charge is -2.35. The van der Waals surface area contributed by atoms with E-state index in [2.05, 4.69) is 24.8 Å². The molecule has 0 spiro atoms. The van der Waals surface area contributed by atoms with E-state index in [1.807, 2.05) is 19.1 Å². The Morgan fingerprint density at radius 1 is 1.04 bits per heavy atom. The molecule has 0 amide bonds. The van der Waals surface area contributed by atoms with Gasteiger partial charge in [-0.25, -0.2) is 9.97 Å². The largest absolute Gasteiger partial charge is 0.490 e. The third kappa shape index (κ3) is 3.44. The van der Waals surface area contributed by atoms with Gasteiger partial charge in [-0.05, 0) is 19.1 Å². The van der Waals surface area contributed by atoms with Gasteiger partial charge in [-0.1, -0.05) is 0 Å². The molecular formula is C16H21N5O2. The van der Waals surface area contributed by atoms with E-state index >= 15 is 0 Å². The number of methoxy groups -OCH3 is 1. The maximum Gasteiger partial charge on any atom is 0.228 e. The van der Waals surface area contributed by atoms with Gasteiger partial charge < -0.3 is 19.3 Å². The summed E-state index contributed by atoms with van der Waals surface area (Å²) in [7, 11) is 1.61. The molecule has 122 valence electrons. The van der Waals surface area contributed by atoms with Crippen molar-refractivity contribution < 1.29 is 9.47 Å². The Bertz CT molecular complexity index is 644. The number of aromatic nitrogens is 3. The van der Waals surface area contributed by atoms with Gasteiger partial charge in [-0.3, -0.25) is 0 Å². The molecule has 23 heavy (non-hydrogen) atoms. The highest BCUT2D eigenvalue weighted by molar-refractivity contribution is 5.53. The van der Waals surface area contributed by atoms with Crippen molar-refractivity contribution in [3.63, 3.8) is 0 Å². The van der Waals surface area contributed by atoms with E-state index in [-0.39, 0.29) is 0 Å². The van der Waals surface area contributed by atoms with Gasteiger partial charge in [-0.2, -0.15) is 4.98 Å². The van der Waals surface area contributed by atoms with Crippen molar-refractivity contribution in [3.8, 4) is 11.6 Å². The summed E-state index contributed by atoms with van der Waals surface area (Å²) >= 11 is 0. The highest BCUT2D eigenvalue weighted by Gasteiger charge is 2.22. The van der Waals surface area contributed by atoms with Crippen molar-refractivity contribution >= 4 is 11.8 Å². The maximum absolute atomic E-state index is 5.67. The lowest BCUT2D eigenvalue weighted by atomic mass is 10.3. The van der Waals surface area contributed by atoms with Crippen LogP contribution in [0.3, 0.4) is 0 Å². The smallest absolute Gasteiger partial charge is 0.228 e. The number of hydrogen-bond acceptors (Lipinski definition) is 7.